The van der Waals surface area contributed by atoms with E-state index in [1.807, 2.05) is 0 Å². The van der Waals surface area contributed by atoms with E-state index in [1.54, 1.807) is 24.3 Å². The maximum absolute atomic E-state index is 13.1. The number of nitrogens with zero attached hydrogens (tertiary/aromatic N) is 1. The van der Waals surface area contributed by atoms with E-state index in [-0.39, 0.29) is 28.6 Å². The third-order valence-corrected chi connectivity index (χ3v) is 5.67. The normalized spacial score (nSPS) is 14.3. The number of aromatic nitrogens is 1. The average Bonchev–Trinajstić information content (AvgIpc) is 3.64. The molecule has 1 aliphatic carbocycles. The van der Waals surface area contributed by atoms with Crippen LogP contribution >= 0.6 is 0 Å². The molecule has 2 aromatic carbocycles. The number of amides is 2. The predicted molar refractivity (Wildman–Crippen MR) is 125 cm³/mol. The molecule has 1 fully saturated rings. The zero-order chi connectivity index (χ0) is 25.3. The number of halogens is 3. The summed E-state index contributed by atoms with van der Waals surface area (Å²) in [7, 11) is 0. The minimum absolute atomic E-state index is 0.0163. The Kier molecular flexibility index (Phi) is 6.38. The lowest BCUT2D eigenvalue weighted by Crippen LogP contribution is -2.28. The van der Waals surface area contributed by atoms with Crippen molar-refractivity contribution in [2.45, 2.75) is 32.0 Å². The number of rotatable bonds is 6. The molecular weight excluding hydrogens is 461 g/mol. The molecule has 7 nitrogen and oxygen atoms in total. The van der Waals surface area contributed by atoms with Gasteiger partial charge >= 0.3 is 6.18 Å². The molecule has 0 radical (unpaired) electrons. The number of anilines is 2. The molecular formula is C25H23F3N4O3. The zero-order valence-corrected chi connectivity index (χ0v) is 18.7. The number of hydrogen-bond donors (Lipinski definition) is 3. The van der Waals surface area contributed by atoms with Gasteiger partial charge in [-0.1, -0.05) is 6.07 Å². The fraction of sp³-hybridized carbons (Fsp3) is 0.240. The van der Waals surface area contributed by atoms with Crippen molar-refractivity contribution in [2.24, 2.45) is 5.92 Å². The van der Waals surface area contributed by atoms with Crippen LogP contribution in [-0.4, -0.2) is 16.4 Å². The molecule has 2 amide bonds. The van der Waals surface area contributed by atoms with Gasteiger partial charge in [0, 0.05) is 29.6 Å². The van der Waals surface area contributed by atoms with Crippen LogP contribution in [0.25, 0.3) is 5.69 Å². The SMILES string of the molecule is C[C@@H](NC(=O)c1ccc(=O)n(-c2cccc(NC(=O)C3CC3)c2)c1)c1cc(N)cc(C(F)(F)F)c1. The first-order valence-electron chi connectivity index (χ1n) is 10.9. The summed E-state index contributed by atoms with van der Waals surface area (Å²) in [5.74, 6) is -0.644. The fourth-order valence-electron chi connectivity index (χ4n) is 3.60. The van der Waals surface area contributed by atoms with Gasteiger partial charge in [-0.2, -0.15) is 13.2 Å². The molecule has 182 valence electrons. The summed E-state index contributed by atoms with van der Waals surface area (Å²) in [5.41, 5.74) is 5.53. The summed E-state index contributed by atoms with van der Waals surface area (Å²) in [6, 6.07) is 11.6. The molecule has 1 aromatic heterocycles. The molecule has 0 aliphatic heterocycles. The first-order valence-corrected chi connectivity index (χ1v) is 10.9. The van der Waals surface area contributed by atoms with Gasteiger partial charge in [0.2, 0.25) is 5.91 Å². The van der Waals surface area contributed by atoms with Crippen molar-refractivity contribution < 1.29 is 22.8 Å². The van der Waals surface area contributed by atoms with Gasteiger partial charge in [-0.3, -0.25) is 19.0 Å². The number of carbonyl (C=O) groups is 2. The smallest absolute Gasteiger partial charge is 0.399 e. The Morgan fingerprint density at radius 2 is 1.83 bits per heavy atom. The third-order valence-electron chi connectivity index (χ3n) is 5.67. The van der Waals surface area contributed by atoms with Crippen LogP contribution in [0.2, 0.25) is 0 Å². The molecule has 1 aliphatic rings. The van der Waals surface area contributed by atoms with E-state index in [4.69, 9.17) is 5.73 Å². The molecule has 35 heavy (non-hydrogen) atoms. The van der Waals surface area contributed by atoms with E-state index in [0.29, 0.717) is 11.4 Å². The number of hydrogen-bond acceptors (Lipinski definition) is 4. The minimum atomic E-state index is -4.57. The Bertz CT molecular complexity index is 1350. The largest absolute Gasteiger partial charge is 0.416 e. The molecule has 1 saturated carbocycles. The summed E-state index contributed by atoms with van der Waals surface area (Å²) in [6.07, 6.45) is -1.52. The maximum atomic E-state index is 13.1. The molecule has 0 saturated heterocycles. The van der Waals surface area contributed by atoms with E-state index >= 15 is 0 Å². The Labute approximate surface area is 198 Å². The first-order chi connectivity index (χ1) is 16.5. The maximum Gasteiger partial charge on any atom is 0.416 e. The molecule has 0 unspecified atom stereocenters. The molecule has 1 heterocycles. The van der Waals surface area contributed by atoms with Crippen molar-refractivity contribution in [3.8, 4) is 5.69 Å². The van der Waals surface area contributed by atoms with E-state index in [2.05, 4.69) is 10.6 Å². The second kappa shape index (κ2) is 9.28. The molecule has 0 bridgehead atoms. The van der Waals surface area contributed by atoms with E-state index < -0.39 is 29.2 Å². The highest BCUT2D eigenvalue weighted by molar-refractivity contribution is 5.95. The van der Waals surface area contributed by atoms with E-state index in [1.165, 1.54) is 35.9 Å². The number of nitrogens with one attached hydrogen (secondary N) is 2. The lowest BCUT2D eigenvalue weighted by Gasteiger charge is -2.18. The molecule has 4 rings (SSSR count). The highest BCUT2D eigenvalue weighted by Crippen LogP contribution is 2.33. The third kappa shape index (κ3) is 5.71. The quantitative estimate of drug-likeness (QED) is 0.454. The number of nitrogen functional groups attached to an aromatic ring is 1. The van der Waals surface area contributed by atoms with Crippen molar-refractivity contribution in [3.63, 3.8) is 0 Å². The Balaban J connectivity index is 1.55. The number of carbonyl (C=O) groups excluding carboxylic acids is 2. The monoisotopic (exact) mass is 484 g/mol. The highest BCUT2D eigenvalue weighted by Gasteiger charge is 2.32. The lowest BCUT2D eigenvalue weighted by molar-refractivity contribution is -0.137. The minimum Gasteiger partial charge on any atom is -0.399 e. The topological polar surface area (TPSA) is 106 Å². The van der Waals surface area contributed by atoms with Crippen LogP contribution in [0.3, 0.4) is 0 Å². The van der Waals surface area contributed by atoms with Crippen molar-refractivity contribution in [1.29, 1.82) is 0 Å². The van der Waals surface area contributed by atoms with E-state index in [0.717, 1.165) is 25.0 Å². The predicted octanol–water partition coefficient (Wildman–Crippen LogP) is 4.28. The van der Waals surface area contributed by atoms with Crippen molar-refractivity contribution in [2.75, 3.05) is 11.1 Å². The molecule has 0 spiro atoms. The summed E-state index contributed by atoms with van der Waals surface area (Å²) < 4.78 is 40.6. The lowest BCUT2D eigenvalue weighted by atomic mass is 10.0. The van der Waals surface area contributed by atoms with Crippen LogP contribution < -0.4 is 21.9 Å². The highest BCUT2D eigenvalue weighted by atomic mass is 19.4. The van der Waals surface area contributed by atoms with Crippen LogP contribution in [-0.2, 0) is 11.0 Å². The van der Waals surface area contributed by atoms with Gasteiger partial charge in [0.15, 0.2) is 0 Å². The number of benzene rings is 2. The van der Waals surface area contributed by atoms with E-state index in [9.17, 15) is 27.6 Å². The number of alkyl halides is 3. The summed E-state index contributed by atoms with van der Waals surface area (Å²) in [6.45, 7) is 1.54. The van der Waals surface area contributed by atoms with Gasteiger partial charge in [-0.05, 0) is 67.8 Å². The van der Waals surface area contributed by atoms with Gasteiger partial charge in [-0.25, -0.2) is 0 Å². The number of nitrogens with two attached hydrogens (primary N) is 1. The van der Waals surface area contributed by atoms with Gasteiger partial charge in [0.05, 0.1) is 22.9 Å². The standard InChI is InChI=1S/C25H23F3N4O3/c1-14(17-9-18(25(26,27)28)11-19(29)10-17)30-24(35)16-7-8-22(33)32(13-16)21-4-2-3-20(12-21)31-23(34)15-5-6-15/h2-4,7-15H,5-6,29H2,1H3,(H,30,35)(H,31,34)/t14-/m1/s1. The van der Waals surface area contributed by atoms with Crippen LogP contribution in [0, 0.1) is 5.92 Å². The Morgan fingerprint density at radius 3 is 2.51 bits per heavy atom. The number of pyridine rings is 1. The average molecular weight is 484 g/mol. The molecule has 1 atom stereocenters. The van der Waals surface area contributed by atoms with Crippen molar-refractivity contribution in [3.05, 3.63) is 87.8 Å². The second-order valence-corrected chi connectivity index (χ2v) is 8.52. The van der Waals surface area contributed by atoms with Crippen LogP contribution in [0.5, 0.6) is 0 Å². The molecule has 4 N–H and O–H groups in total. The van der Waals surface area contributed by atoms with Gasteiger partial charge < -0.3 is 16.4 Å². The summed E-state index contributed by atoms with van der Waals surface area (Å²) in [4.78, 5) is 37.4. The summed E-state index contributed by atoms with van der Waals surface area (Å²) in [5, 5.41) is 5.45. The Hall–Kier alpha value is -4.08. The van der Waals surface area contributed by atoms with Gasteiger partial charge in [0.1, 0.15) is 0 Å². The van der Waals surface area contributed by atoms with Crippen molar-refractivity contribution >= 4 is 23.2 Å². The first kappa shape index (κ1) is 24.1. The molecule has 3 aromatic rings. The van der Waals surface area contributed by atoms with Crippen LogP contribution in [0.15, 0.2) is 65.6 Å². The fourth-order valence-corrected chi connectivity index (χ4v) is 3.60. The second-order valence-electron chi connectivity index (χ2n) is 8.52. The summed E-state index contributed by atoms with van der Waals surface area (Å²) >= 11 is 0. The van der Waals surface area contributed by atoms with Crippen LogP contribution in [0.1, 0.15) is 47.3 Å². The molecule has 10 heteroatoms. The van der Waals surface area contributed by atoms with Gasteiger partial charge in [-0.15, -0.1) is 0 Å². The Morgan fingerprint density at radius 1 is 1.09 bits per heavy atom. The van der Waals surface area contributed by atoms with Crippen LogP contribution in [0.4, 0.5) is 24.5 Å². The van der Waals surface area contributed by atoms with Gasteiger partial charge in [0.25, 0.3) is 11.5 Å². The van der Waals surface area contributed by atoms with Crippen molar-refractivity contribution in [1.82, 2.24) is 9.88 Å². The zero-order valence-electron chi connectivity index (χ0n) is 18.7.